The highest BCUT2D eigenvalue weighted by Gasteiger charge is 2.46. The number of phenols is 1. The van der Waals surface area contributed by atoms with Crippen molar-refractivity contribution in [2.24, 2.45) is 0 Å². The summed E-state index contributed by atoms with van der Waals surface area (Å²) in [5.41, 5.74) is -0.738. The molecule has 0 bridgehead atoms. The Kier molecular flexibility index (Phi) is 5.33. The average Bonchev–Trinajstić information content (AvgIpc) is 2.61. The maximum atomic E-state index is 12.2. The molecule has 1 aliphatic rings. The summed E-state index contributed by atoms with van der Waals surface area (Å²) >= 11 is 0. The fourth-order valence-corrected chi connectivity index (χ4v) is 2.86. The van der Waals surface area contributed by atoms with Crippen LogP contribution in [-0.2, 0) is 9.53 Å². The average molecular weight is 381 g/mol. The summed E-state index contributed by atoms with van der Waals surface area (Å²) in [6.45, 7) is 0.585. The van der Waals surface area contributed by atoms with Gasteiger partial charge in [-0.3, -0.25) is 4.79 Å². The first-order chi connectivity index (χ1) is 12.8. The van der Waals surface area contributed by atoms with Crippen molar-refractivity contribution in [3.8, 4) is 11.5 Å². The Morgan fingerprint density at radius 3 is 2.67 bits per heavy atom. The second kappa shape index (κ2) is 7.53. The molecule has 27 heavy (non-hydrogen) atoms. The van der Waals surface area contributed by atoms with Crippen LogP contribution in [0.4, 0.5) is 0 Å². The zero-order valence-electron chi connectivity index (χ0n) is 14.2. The molecule has 1 saturated heterocycles. The van der Waals surface area contributed by atoms with Gasteiger partial charge in [0.2, 0.25) is 17.9 Å². The molecule has 10 heteroatoms. The SMILES string of the molecule is CC(=O)N[C@H]1C(Oc2cc3ccc(O)cc3oc2=O)O[C@H](CO)[C@@H](O)[C@@H]1O. The van der Waals surface area contributed by atoms with Crippen molar-refractivity contribution in [2.75, 3.05) is 6.61 Å². The second-order valence-electron chi connectivity index (χ2n) is 6.17. The van der Waals surface area contributed by atoms with E-state index in [1.165, 1.54) is 31.2 Å². The summed E-state index contributed by atoms with van der Waals surface area (Å²) in [7, 11) is 0. The number of carbonyl (C=O) groups is 1. The third-order valence-electron chi connectivity index (χ3n) is 4.18. The quantitative estimate of drug-likeness (QED) is 0.411. The highest BCUT2D eigenvalue weighted by atomic mass is 16.7. The molecular weight excluding hydrogens is 362 g/mol. The van der Waals surface area contributed by atoms with Crippen LogP contribution in [-0.4, -0.2) is 63.6 Å². The van der Waals surface area contributed by atoms with Crippen LogP contribution in [0.25, 0.3) is 11.0 Å². The molecule has 5 atom stereocenters. The number of ether oxygens (including phenoxy) is 2. The summed E-state index contributed by atoms with van der Waals surface area (Å²) in [5, 5.41) is 41.8. The molecule has 1 aromatic carbocycles. The van der Waals surface area contributed by atoms with Crippen molar-refractivity contribution in [1.29, 1.82) is 0 Å². The van der Waals surface area contributed by atoms with Gasteiger partial charge in [-0.25, -0.2) is 4.79 Å². The van der Waals surface area contributed by atoms with Crippen LogP contribution in [0.2, 0.25) is 0 Å². The number of amides is 1. The standard InChI is InChI=1S/C17H19NO9/c1-7(20)18-13-15(23)14(22)12(6-19)27-17(13)26-11-4-8-2-3-9(21)5-10(8)25-16(11)24/h2-5,12-15,17,19,21-23H,6H2,1H3,(H,18,20)/t12-,13-,14-,15-,17?/m1/s1. The first-order valence-corrected chi connectivity index (χ1v) is 8.13. The van der Waals surface area contributed by atoms with E-state index in [2.05, 4.69) is 5.32 Å². The molecule has 1 fully saturated rings. The molecule has 10 nitrogen and oxygen atoms in total. The maximum Gasteiger partial charge on any atom is 0.379 e. The van der Waals surface area contributed by atoms with E-state index in [-0.39, 0.29) is 17.1 Å². The van der Waals surface area contributed by atoms with Gasteiger partial charge in [0.05, 0.1) is 6.61 Å². The molecule has 0 aliphatic carbocycles. The van der Waals surface area contributed by atoms with E-state index >= 15 is 0 Å². The monoisotopic (exact) mass is 381 g/mol. The Labute approximate surface area is 152 Å². The van der Waals surface area contributed by atoms with E-state index in [0.717, 1.165) is 0 Å². The number of nitrogens with one attached hydrogen (secondary N) is 1. The van der Waals surface area contributed by atoms with Gasteiger partial charge < -0.3 is 39.6 Å². The molecule has 3 rings (SSSR count). The number of carbonyl (C=O) groups excluding carboxylic acids is 1. The number of aromatic hydroxyl groups is 1. The normalized spacial score (nSPS) is 28.1. The van der Waals surface area contributed by atoms with Crippen LogP contribution in [0.3, 0.4) is 0 Å². The first kappa shape index (κ1) is 19.1. The van der Waals surface area contributed by atoms with Gasteiger partial charge in [0.15, 0.2) is 0 Å². The van der Waals surface area contributed by atoms with Crippen molar-refractivity contribution in [3.05, 3.63) is 34.7 Å². The third kappa shape index (κ3) is 3.88. The van der Waals surface area contributed by atoms with Crippen molar-refractivity contribution < 1.29 is 39.1 Å². The Morgan fingerprint density at radius 2 is 2.00 bits per heavy atom. The minimum atomic E-state index is -1.51. The maximum absolute atomic E-state index is 12.2. The molecule has 1 amide bonds. The lowest BCUT2D eigenvalue weighted by molar-refractivity contribution is -0.244. The fourth-order valence-electron chi connectivity index (χ4n) is 2.86. The van der Waals surface area contributed by atoms with Gasteiger partial charge in [0.1, 0.15) is 35.7 Å². The van der Waals surface area contributed by atoms with E-state index < -0.39 is 48.8 Å². The summed E-state index contributed by atoms with van der Waals surface area (Å²) in [4.78, 5) is 23.6. The van der Waals surface area contributed by atoms with Crippen LogP contribution in [0.15, 0.2) is 33.5 Å². The van der Waals surface area contributed by atoms with Crippen molar-refractivity contribution in [2.45, 2.75) is 37.6 Å². The number of aliphatic hydroxyl groups excluding tert-OH is 3. The Morgan fingerprint density at radius 1 is 1.26 bits per heavy atom. The molecule has 1 aromatic heterocycles. The van der Waals surface area contributed by atoms with Crippen LogP contribution in [0.1, 0.15) is 6.92 Å². The lowest BCUT2D eigenvalue weighted by Gasteiger charge is -2.41. The number of aliphatic hydroxyl groups is 3. The van der Waals surface area contributed by atoms with Crippen molar-refractivity contribution in [1.82, 2.24) is 5.32 Å². The van der Waals surface area contributed by atoms with Gasteiger partial charge in [-0.05, 0) is 18.2 Å². The predicted octanol–water partition coefficient (Wildman–Crippen LogP) is -1.18. The predicted molar refractivity (Wildman–Crippen MR) is 90.1 cm³/mol. The summed E-state index contributed by atoms with van der Waals surface area (Å²) < 4.78 is 16.0. The number of fused-ring (bicyclic) bond motifs is 1. The molecule has 0 radical (unpaired) electrons. The van der Waals surface area contributed by atoms with E-state index in [9.17, 15) is 30.0 Å². The molecule has 1 aliphatic heterocycles. The summed E-state index contributed by atoms with van der Waals surface area (Å²) in [5.74, 6) is -0.871. The van der Waals surface area contributed by atoms with E-state index in [1.54, 1.807) is 0 Å². The summed E-state index contributed by atoms with van der Waals surface area (Å²) in [6, 6.07) is 4.31. The Hall–Kier alpha value is -2.66. The topological polar surface area (TPSA) is 159 Å². The molecule has 5 N–H and O–H groups in total. The van der Waals surface area contributed by atoms with Crippen molar-refractivity contribution in [3.63, 3.8) is 0 Å². The second-order valence-corrected chi connectivity index (χ2v) is 6.17. The molecular formula is C17H19NO9. The molecule has 146 valence electrons. The third-order valence-corrected chi connectivity index (χ3v) is 4.18. The number of phenolic OH excluding ortho intramolecular Hbond substituents is 1. The molecule has 0 spiro atoms. The largest absolute Gasteiger partial charge is 0.508 e. The number of benzene rings is 1. The zero-order chi connectivity index (χ0) is 19.7. The first-order valence-electron chi connectivity index (χ1n) is 8.13. The van der Waals surface area contributed by atoms with Gasteiger partial charge >= 0.3 is 5.63 Å². The lowest BCUT2D eigenvalue weighted by Crippen LogP contribution is -2.65. The van der Waals surface area contributed by atoms with E-state index in [0.29, 0.717) is 5.39 Å². The minimum absolute atomic E-state index is 0.0800. The molecule has 1 unspecified atom stereocenters. The van der Waals surface area contributed by atoms with Gasteiger partial charge in [-0.1, -0.05) is 0 Å². The van der Waals surface area contributed by atoms with Crippen LogP contribution < -0.4 is 15.7 Å². The molecule has 0 saturated carbocycles. The zero-order valence-corrected chi connectivity index (χ0v) is 14.2. The van der Waals surface area contributed by atoms with Gasteiger partial charge in [0.25, 0.3) is 0 Å². The van der Waals surface area contributed by atoms with Gasteiger partial charge in [0, 0.05) is 18.4 Å². The molecule has 2 heterocycles. The fraction of sp³-hybridized carbons (Fsp3) is 0.412. The number of rotatable bonds is 4. The highest BCUT2D eigenvalue weighted by molar-refractivity contribution is 5.79. The van der Waals surface area contributed by atoms with E-state index in [4.69, 9.17) is 13.9 Å². The van der Waals surface area contributed by atoms with Gasteiger partial charge in [-0.15, -0.1) is 0 Å². The van der Waals surface area contributed by atoms with E-state index in [1.807, 2.05) is 0 Å². The summed E-state index contributed by atoms with van der Waals surface area (Å²) in [6.07, 6.45) is -5.53. The van der Waals surface area contributed by atoms with Crippen LogP contribution in [0, 0.1) is 0 Å². The number of hydrogen-bond acceptors (Lipinski definition) is 9. The minimum Gasteiger partial charge on any atom is -0.508 e. The molecule has 2 aromatic rings. The highest BCUT2D eigenvalue weighted by Crippen LogP contribution is 2.26. The lowest BCUT2D eigenvalue weighted by atomic mass is 9.97. The smallest absolute Gasteiger partial charge is 0.379 e. The van der Waals surface area contributed by atoms with Gasteiger partial charge in [-0.2, -0.15) is 0 Å². The van der Waals surface area contributed by atoms with Crippen LogP contribution in [0.5, 0.6) is 11.5 Å². The number of hydrogen-bond donors (Lipinski definition) is 5. The van der Waals surface area contributed by atoms with Crippen LogP contribution >= 0.6 is 0 Å². The Balaban J connectivity index is 1.94. The van der Waals surface area contributed by atoms with Crippen molar-refractivity contribution >= 4 is 16.9 Å². The Bertz CT molecular complexity index is 896.